The zero-order valence-corrected chi connectivity index (χ0v) is 23.8. The Morgan fingerprint density at radius 1 is 0.816 bits per heavy atom. The normalized spacial score (nSPS) is 29.2. The van der Waals surface area contributed by atoms with Gasteiger partial charge in [0.25, 0.3) is 0 Å². The molecule has 6 heteroatoms. The van der Waals surface area contributed by atoms with E-state index in [1.807, 2.05) is 0 Å². The van der Waals surface area contributed by atoms with Crippen molar-refractivity contribution in [1.29, 1.82) is 0 Å². The molecule has 5 unspecified atom stereocenters. The van der Waals surface area contributed by atoms with Gasteiger partial charge in [-0.1, -0.05) is 32.1 Å². The van der Waals surface area contributed by atoms with Crippen LogP contribution in [-0.2, 0) is 14.3 Å². The summed E-state index contributed by atoms with van der Waals surface area (Å²) in [5.41, 5.74) is 0.435. The van der Waals surface area contributed by atoms with E-state index in [1.165, 1.54) is 77.0 Å². The van der Waals surface area contributed by atoms with Gasteiger partial charge >= 0.3 is 0 Å². The minimum Gasteiger partial charge on any atom is -0.396 e. The van der Waals surface area contributed by atoms with Crippen molar-refractivity contribution in [2.24, 2.45) is 41.4 Å². The predicted molar refractivity (Wildman–Crippen MR) is 154 cm³/mol. The number of hydrogen-bond acceptors (Lipinski definition) is 6. The van der Waals surface area contributed by atoms with Crippen LogP contribution in [0.4, 0.5) is 0 Å². The Kier molecular flexibility index (Phi) is 18.4. The molecule has 3 rings (SSSR count). The van der Waals surface area contributed by atoms with E-state index in [2.05, 4.69) is 25.8 Å². The largest absolute Gasteiger partial charge is 0.396 e. The molecule has 0 aromatic carbocycles. The number of carbonyl (C=O) groups excluding carboxylic acids is 2. The quantitative estimate of drug-likeness (QED) is 0.178. The van der Waals surface area contributed by atoms with E-state index in [0.717, 1.165) is 36.2 Å². The molecule has 0 aliphatic heterocycles. The van der Waals surface area contributed by atoms with Crippen LogP contribution in [-0.4, -0.2) is 61.4 Å². The highest BCUT2D eigenvalue weighted by molar-refractivity contribution is 5.72. The molecular formula is C32H54O6. The van der Waals surface area contributed by atoms with Gasteiger partial charge in [-0.25, -0.2) is 0 Å². The third-order valence-corrected chi connectivity index (χ3v) is 9.05. The Labute approximate surface area is 231 Å². The Bertz CT molecular complexity index is 676. The number of fused-ring (bicyclic) bond motifs is 1. The van der Waals surface area contributed by atoms with Crippen LogP contribution >= 0.6 is 0 Å². The average molecular weight is 535 g/mol. The molecule has 218 valence electrons. The third-order valence-electron chi connectivity index (χ3n) is 9.05. The van der Waals surface area contributed by atoms with Crippen molar-refractivity contribution < 1.29 is 29.6 Å². The standard InChI is InChI=1S/C24H42O2.2C4H6O2/c1-3-4-5-18-6-8-19(9-7-18)20-10-11-22-15-23(13-12-21(22)14-20)24(16-25)17-26-2;2*1-4(2-5)3-6/h3,18-25H,1,4-17H2,2H3;2*2,6H,1,3H2. The molecule has 3 fully saturated rings. The lowest BCUT2D eigenvalue weighted by atomic mass is 9.60. The SMILES string of the molecule is C=C(C=O)CO.C=C(C=O)CO.C=CCCC1CCC(C2CCC3CC(C(CO)COC)CCC3C2)CC1. The molecule has 5 atom stereocenters. The molecule has 0 saturated heterocycles. The maximum absolute atomic E-state index is 9.71. The summed E-state index contributed by atoms with van der Waals surface area (Å²) < 4.78 is 5.35. The van der Waals surface area contributed by atoms with Crippen LogP contribution in [0.15, 0.2) is 37.0 Å². The molecule has 0 aromatic rings. The minimum atomic E-state index is -0.233. The highest BCUT2D eigenvalue weighted by Gasteiger charge is 2.40. The van der Waals surface area contributed by atoms with Crippen molar-refractivity contribution >= 4 is 12.6 Å². The molecule has 0 amide bonds. The van der Waals surface area contributed by atoms with E-state index in [9.17, 15) is 14.7 Å². The number of aliphatic hydroxyl groups is 3. The highest BCUT2D eigenvalue weighted by Crippen LogP contribution is 2.50. The van der Waals surface area contributed by atoms with Crippen LogP contribution in [0.25, 0.3) is 0 Å². The minimum absolute atomic E-state index is 0.218. The van der Waals surface area contributed by atoms with E-state index >= 15 is 0 Å². The summed E-state index contributed by atoms with van der Waals surface area (Å²) in [5.74, 6) is 5.98. The van der Waals surface area contributed by atoms with Gasteiger partial charge in [0, 0.05) is 30.8 Å². The summed E-state index contributed by atoms with van der Waals surface area (Å²) >= 11 is 0. The fourth-order valence-electron chi connectivity index (χ4n) is 6.75. The second-order valence-corrected chi connectivity index (χ2v) is 11.6. The second-order valence-electron chi connectivity index (χ2n) is 11.6. The van der Waals surface area contributed by atoms with Crippen LogP contribution < -0.4 is 0 Å². The number of methoxy groups -OCH3 is 1. The molecule has 3 N–H and O–H groups in total. The molecule has 0 spiro atoms. The van der Waals surface area contributed by atoms with Crippen molar-refractivity contribution in [1.82, 2.24) is 0 Å². The summed E-state index contributed by atoms with van der Waals surface area (Å²) in [6.45, 7) is 10.8. The Hall–Kier alpha value is -1.60. The summed E-state index contributed by atoms with van der Waals surface area (Å²) in [6, 6.07) is 0. The van der Waals surface area contributed by atoms with Crippen molar-refractivity contribution in [3.63, 3.8) is 0 Å². The van der Waals surface area contributed by atoms with Gasteiger partial charge in [0.1, 0.15) is 12.6 Å². The number of rotatable bonds is 12. The molecule has 0 bridgehead atoms. The molecule has 3 saturated carbocycles. The molecular weight excluding hydrogens is 480 g/mol. The van der Waals surface area contributed by atoms with Crippen molar-refractivity contribution in [3.05, 3.63) is 37.0 Å². The topological polar surface area (TPSA) is 104 Å². The fraction of sp³-hybridized carbons (Fsp3) is 0.750. The molecule has 38 heavy (non-hydrogen) atoms. The zero-order valence-electron chi connectivity index (χ0n) is 23.8. The lowest BCUT2D eigenvalue weighted by Crippen LogP contribution is -2.37. The maximum Gasteiger partial charge on any atom is 0.147 e. The Morgan fingerprint density at radius 2 is 1.32 bits per heavy atom. The number of ether oxygens (including phenoxy) is 1. The number of hydrogen-bond donors (Lipinski definition) is 3. The van der Waals surface area contributed by atoms with E-state index in [0.29, 0.717) is 31.0 Å². The summed E-state index contributed by atoms with van der Waals surface area (Å²) in [4.78, 5) is 19.0. The molecule has 3 aliphatic rings. The Balaban J connectivity index is 0.000000503. The summed E-state index contributed by atoms with van der Waals surface area (Å²) in [6.07, 6.45) is 20.2. The molecule has 0 radical (unpaired) electrons. The van der Waals surface area contributed by atoms with E-state index in [1.54, 1.807) is 7.11 Å². The van der Waals surface area contributed by atoms with Gasteiger partial charge in [-0.05, 0) is 99.7 Å². The van der Waals surface area contributed by atoms with E-state index in [-0.39, 0.29) is 24.4 Å². The lowest BCUT2D eigenvalue weighted by Gasteiger charge is -2.46. The first kappa shape index (κ1) is 34.4. The van der Waals surface area contributed by atoms with Crippen molar-refractivity contribution in [3.8, 4) is 0 Å². The number of aldehydes is 2. The van der Waals surface area contributed by atoms with Crippen LogP contribution in [0.2, 0.25) is 0 Å². The fourth-order valence-corrected chi connectivity index (χ4v) is 6.75. The first-order valence-electron chi connectivity index (χ1n) is 14.5. The van der Waals surface area contributed by atoms with Crippen LogP contribution in [0, 0.1) is 41.4 Å². The monoisotopic (exact) mass is 534 g/mol. The van der Waals surface area contributed by atoms with Gasteiger partial charge in [0.05, 0.1) is 19.8 Å². The molecule has 0 aromatic heterocycles. The average Bonchev–Trinajstić information content (AvgIpc) is 2.98. The summed E-state index contributed by atoms with van der Waals surface area (Å²) in [7, 11) is 1.77. The number of carbonyl (C=O) groups is 2. The molecule has 6 nitrogen and oxygen atoms in total. The van der Waals surface area contributed by atoms with E-state index < -0.39 is 0 Å². The second kappa shape index (κ2) is 20.3. The number of allylic oxidation sites excluding steroid dienone is 1. The van der Waals surface area contributed by atoms with Gasteiger partial charge in [-0.2, -0.15) is 0 Å². The molecule has 3 aliphatic carbocycles. The van der Waals surface area contributed by atoms with Gasteiger partial charge in [-0.3, -0.25) is 9.59 Å². The predicted octanol–water partition coefficient (Wildman–Crippen LogP) is 5.31. The highest BCUT2D eigenvalue weighted by atomic mass is 16.5. The van der Waals surface area contributed by atoms with Crippen LogP contribution in [0.1, 0.15) is 77.0 Å². The van der Waals surface area contributed by atoms with Crippen LogP contribution in [0.3, 0.4) is 0 Å². The smallest absolute Gasteiger partial charge is 0.147 e. The molecule has 0 heterocycles. The Morgan fingerprint density at radius 3 is 1.76 bits per heavy atom. The lowest BCUT2D eigenvalue weighted by molar-refractivity contribution is -0.106. The van der Waals surface area contributed by atoms with Gasteiger partial charge in [-0.15, -0.1) is 6.58 Å². The summed E-state index contributed by atoms with van der Waals surface area (Å²) in [5, 5.41) is 25.7. The van der Waals surface area contributed by atoms with Crippen molar-refractivity contribution in [2.75, 3.05) is 33.5 Å². The first-order chi connectivity index (χ1) is 18.4. The van der Waals surface area contributed by atoms with Crippen LogP contribution in [0.5, 0.6) is 0 Å². The number of aliphatic hydroxyl groups excluding tert-OH is 3. The van der Waals surface area contributed by atoms with Gasteiger partial charge in [0.15, 0.2) is 0 Å². The van der Waals surface area contributed by atoms with Crippen molar-refractivity contribution in [2.45, 2.75) is 77.0 Å². The first-order valence-corrected chi connectivity index (χ1v) is 14.5. The zero-order chi connectivity index (χ0) is 28.3. The maximum atomic E-state index is 9.71. The van der Waals surface area contributed by atoms with E-state index in [4.69, 9.17) is 14.9 Å². The van der Waals surface area contributed by atoms with Gasteiger partial charge < -0.3 is 20.1 Å². The third kappa shape index (κ3) is 12.5. The van der Waals surface area contributed by atoms with Gasteiger partial charge in [0.2, 0.25) is 0 Å².